The van der Waals surface area contributed by atoms with Gasteiger partial charge in [0, 0.05) is 6.42 Å². The van der Waals surface area contributed by atoms with Crippen LogP contribution in [0.25, 0.3) is 0 Å². The molecule has 1 heterocycles. The molecule has 1 N–H and O–H groups in total. The van der Waals surface area contributed by atoms with Gasteiger partial charge in [-0.15, -0.1) is 11.3 Å². The highest BCUT2D eigenvalue weighted by Crippen LogP contribution is 2.33. The van der Waals surface area contributed by atoms with Gasteiger partial charge >= 0.3 is 5.97 Å². The lowest BCUT2D eigenvalue weighted by Crippen LogP contribution is -2.14. The van der Waals surface area contributed by atoms with E-state index in [-0.39, 0.29) is 45.5 Å². The van der Waals surface area contributed by atoms with E-state index in [0.717, 1.165) is 11.3 Å². The smallest absolute Gasteiger partial charge is 0.348 e. The molecule has 0 aliphatic rings. The van der Waals surface area contributed by atoms with E-state index in [4.69, 9.17) is 9.47 Å². The van der Waals surface area contributed by atoms with Crippen LogP contribution >= 0.6 is 11.3 Å². The zero-order valence-corrected chi connectivity index (χ0v) is 18.5. The van der Waals surface area contributed by atoms with Crippen LogP contribution in [0.15, 0.2) is 29.2 Å². The van der Waals surface area contributed by atoms with E-state index in [0.29, 0.717) is 11.3 Å². The molecule has 1 aromatic carbocycles. The number of ether oxygens (including phenoxy) is 2. The lowest BCUT2D eigenvalue weighted by Gasteiger charge is -2.06. The van der Waals surface area contributed by atoms with Gasteiger partial charge in [0.25, 0.3) is 0 Å². The number of rotatable bonds is 9. The molecule has 0 atom stereocenters. The summed E-state index contributed by atoms with van der Waals surface area (Å²) in [6.07, 6.45) is 0.0586. The Labute approximate surface area is 179 Å². The van der Waals surface area contributed by atoms with Crippen LogP contribution in [0.3, 0.4) is 0 Å². The predicted molar refractivity (Wildman–Crippen MR) is 113 cm³/mol. The van der Waals surface area contributed by atoms with Gasteiger partial charge in [0.2, 0.25) is 5.91 Å². The van der Waals surface area contributed by atoms with Gasteiger partial charge in [-0.05, 0) is 50.1 Å². The van der Waals surface area contributed by atoms with Crippen molar-refractivity contribution in [3.05, 3.63) is 40.3 Å². The highest BCUT2D eigenvalue weighted by atomic mass is 32.2. The molecule has 0 bridgehead atoms. The lowest BCUT2D eigenvalue weighted by molar-refractivity contribution is -0.116. The molecule has 2 aromatic rings. The van der Waals surface area contributed by atoms with E-state index in [2.05, 4.69) is 5.32 Å². The number of hydrogen-bond acceptors (Lipinski definition) is 8. The average Bonchev–Trinajstić information content (AvgIpc) is 3.03. The summed E-state index contributed by atoms with van der Waals surface area (Å²) in [6, 6.07) is 8.01. The maximum atomic E-state index is 12.4. The van der Waals surface area contributed by atoms with E-state index < -0.39 is 21.7 Å². The van der Waals surface area contributed by atoms with Crippen LogP contribution in [0.4, 0.5) is 5.00 Å². The lowest BCUT2D eigenvalue weighted by atomic mass is 10.1. The molecular weight excluding hydrogens is 428 g/mol. The van der Waals surface area contributed by atoms with Crippen LogP contribution in [0.2, 0.25) is 0 Å². The second-order valence-electron chi connectivity index (χ2n) is 6.24. The molecule has 0 saturated heterocycles. The Morgan fingerprint density at radius 1 is 1.23 bits per heavy atom. The van der Waals surface area contributed by atoms with E-state index in [1.165, 1.54) is 19.2 Å². The van der Waals surface area contributed by atoms with Crippen molar-refractivity contribution in [2.24, 2.45) is 0 Å². The molecular formula is C20H22N2O6S2. The minimum atomic E-state index is -3.53. The number of carbonyl (C=O) groups is 2. The zero-order valence-electron chi connectivity index (χ0n) is 16.9. The normalized spacial score (nSPS) is 10.9. The maximum absolute atomic E-state index is 12.4. The first-order valence-electron chi connectivity index (χ1n) is 9.10. The van der Waals surface area contributed by atoms with Crippen LogP contribution in [-0.2, 0) is 19.4 Å². The number of carbonyl (C=O) groups excluding carboxylic acids is 2. The van der Waals surface area contributed by atoms with Gasteiger partial charge in [0.15, 0.2) is 9.84 Å². The molecule has 2 rings (SSSR count). The number of hydrogen-bond donors (Lipinski definition) is 1. The quantitative estimate of drug-likeness (QED) is 0.582. The second kappa shape index (κ2) is 10.2. The Kier molecular flexibility index (Phi) is 7.97. The summed E-state index contributed by atoms with van der Waals surface area (Å²) >= 11 is 0.967. The molecule has 0 spiro atoms. The third-order valence-electron chi connectivity index (χ3n) is 4.21. The molecule has 0 fully saturated rings. The topological polar surface area (TPSA) is 123 Å². The average molecular weight is 451 g/mol. The van der Waals surface area contributed by atoms with E-state index in [1.807, 2.05) is 6.07 Å². The van der Waals surface area contributed by atoms with Gasteiger partial charge in [-0.3, -0.25) is 4.79 Å². The van der Waals surface area contributed by atoms with Crippen LogP contribution in [-0.4, -0.2) is 39.8 Å². The van der Waals surface area contributed by atoms with Crippen molar-refractivity contribution < 1.29 is 27.5 Å². The van der Waals surface area contributed by atoms with Gasteiger partial charge < -0.3 is 14.8 Å². The third-order valence-corrected chi connectivity index (χ3v) is 7.21. The summed E-state index contributed by atoms with van der Waals surface area (Å²) in [5.74, 6) is -0.638. The highest BCUT2D eigenvalue weighted by molar-refractivity contribution is 7.91. The standard InChI is InChI=1S/C20H22N2O6S2/c1-4-28-20(24)18-13(2)16(12-21)19(29-18)22-17(23)6-5-11-30(25,26)15-9-7-14(27-3)8-10-15/h7-10H,4-6,11H2,1-3H3,(H,22,23). The summed E-state index contributed by atoms with van der Waals surface area (Å²) < 4.78 is 34.8. The fourth-order valence-electron chi connectivity index (χ4n) is 2.64. The fourth-order valence-corrected chi connectivity index (χ4v) is 5.02. The molecule has 10 heteroatoms. The summed E-state index contributed by atoms with van der Waals surface area (Å²) in [5, 5.41) is 12.2. The first-order valence-corrected chi connectivity index (χ1v) is 11.6. The number of nitriles is 1. The van der Waals surface area contributed by atoms with Crippen LogP contribution in [0.1, 0.15) is 40.6 Å². The minimum absolute atomic E-state index is 0.0497. The van der Waals surface area contributed by atoms with Crippen molar-refractivity contribution in [1.82, 2.24) is 0 Å². The summed E-state index contributed by atoms with van der Waals surface area (Å²) in [7, 11) is -2.04. The van der Waals surface area contributed by atoms with Crippen LogP contribution in [0.5, 0.6) is 5.75 Å². The molecule has 0 aliphatic carbocycles. The van der Waals surface area contributed by atoms with Crippen molar-refractivity contribution >= 4 is 38.1 Å². The molecule has 1 aromatic heterocycles. The summed E-state index contributed by atoms with van der Waals surface area (Å²) in [6.45, 7) is 3.48. The van der Waals surface area contributed by atoms with E-state index >= 15 is 0 Å². The monoisotopic (exact) mass is 450 g/mol. The molecule has 8 nitrogen and oxygen atoms in total. The number of benzene rings is 1. The Bertz CT molecular complexity index is 1070. The highest BCUT2D eigenvalue weighted by Gasteiger charge is 2.22. The minimum Gasteiger partial charge on any atom is -0.497 e. The number of esters is 1. The molecule has 0 radical (unpaired) electrons. The number of thiophene rings is 1. The third kappa shape index (κ3) is 5.58. The number of amides is 1. The van der Waals surface area contributed by atoms with Crippen molar-refractivity contribution in [2.45, 2.75) is 31.6 Å². The molecule has 160 valence electrons. The number of methoxy groups -OCH3 is 1. The number of nitrogens with one attached hydrogen (secondary N) is 1. The number of sulfone groups is 1. The van der Waals surface area contributed by atoms with Gasteiger partial charge in [0.1, 0.15) is 21.7 Å². The first kappa shape index (κ1) is 23.4. The SMILES string of the molecule is CCOC(=O)c1sc(NC(=O)CCCS(=O)(=O)c2ccc(OC)cc2)c(C#N)c1C. The van der Waals surface area contributed by atoms with Crippen molar-refractivity contribution in [3.8, 4) is 11.8 Å². The predicted octanol–water partition coefficient (Wildman–Crippen LogP) is 3.31. The fraction of sp³-hybridized carbons (Fsp3) is 0.350. The van der Waals surface area contributed by atoms with Crippen molar-refractivity contribution in [2.75, 3.05) is 24.8 Å². The Morgan fingerprint density at radius 2 is 1.90 bits per heavy atom. The molecule has 0 aliphatic heterocycles. The van der Waals surface area contributed by atoms with E-state index in [1.54, 1.807) is 26.0 Å². The van der Waals surface area contributed by atoms with Crippen molar-refractivity contribution in [1.29, 1.82) is 5.26 Å². The Balaban J connectivity index is 2.00. The molecule has 30 heavy (non-hydrogen) atoms. The molecule has 0 unspecified atom stereocenters. The largest absolute Gasteiger partial charge is 0.497 e. The van der Waals surface area contributed by atoms with Gasteiger partial charge in [-0.2, -0.15) is 5.26 Å². The summed E-state index contributed by atoms with van der Waals surface area (Å²) in [4.78, 5) is 24.7. The van der Waals surface area contributed by atoms with Crippen LogP contribution < -0.4 is 10.1 Å². The Morgan fingerprint density at radius 3 is 2.47 bits per heavy atom. The van der Waals surface area contributed by atoms with Gasteiger partial charge in [-0.1, -0.05) is 0 Å². The maximum Gasteiger partial charge on any atom is 0.348 e. The van der Waals surface area contributed by atoms with Crippen LogP contribution in [0, 0.1) is 18.3 Å². The Hall–Kier alpha value is -2.90. The second-order valence-corrected chi connectivity index (χ2v) is 9.37. The molecule has 1 amide bonds. The zero-order chi connectivity index (χ0) is 22.3. The molecule has 0 saturated carbocycles. The van der Waals surface area contributed by atoms with Gasteiger partial charge in [-0.25, -0.2) is 13.2 Å². The number of anilines is 1. The van der Waals surface area contributed by atoms with Gasteiger partial charge in [0.05, 0.1) is 29.9 Å². The summed E-state index contributed by atoms with van der Waals surface area (Å²) in [5.41, 5.74) is 0.639. The number of nitrogens with zero attached hydrogens (tertiary/aromatic N) is 1. The first-order chi connectivity index (χ1) is 14.2. The van der Waals surface area contributed by atoms with Crippen molar-refractivity contribution in [3.63, 3.8) is 0 Å². The van der Waals surface area contributed by atoms with E-state index in [9.17, 15) is 23.3 Å².